The van der Waals surface area contributed by atoms with E-state index in [0.29, 0.717) is 12.6 Å². The fourth-order valence-electron chi connectivity index (χ4n) is 2.04. The number of likely N-dealkylation sites (N-methyl/N-ethyl adjacent to an activating group) is 2. The van der Waals surface area contributed by atoms with Crippen molar-refractivity contribution in [1.29, 1.82) is 0 Å². The van der Waals surface area contributed by atoms with Gasteiger partial charge in [-0.15, -0.1) is 0 Å². The summed E-state index contributed by atoms with van der Waals surface area (Å²) in [5, 5.41) is 0. The second-order valence-corrected chi connectivity index (χ2v) is 4.77. The highest BCUT2D eigenvalue weighted by Gasteiger charge is 2.20. The molecule has 0 radical (unpaired) electrons. The first kappa shape index (κ1) is 13.3. The molecule has 1 fully saturated rings. The summed E-state index contributed by atoms with van der Waals surface area (Å²) in [4.78, 5) is 17.1. The molecule has 2 amide bonds. The van der Waals surface area contributed by atoms with E-state index in [1.807, 2.05) is 0 Å². The highest BCUT2D eigenvalue weighted by Crippen LogP contribution is 2.13. The summed E-state index contributed by atoms with van der Waals surface area (Å²) in [6.45, 7) is 3.94. The van der Waals surface area contributed by atoms with Gasteiger partial charge in [0.25, 0.3) is 0 Å². The van der Waals surface area contributed by atoms with Gasteiger partial charge in [-0.25, -0.2) is 4.79 Å². The van der Waals surface area contributed by atoms with Gasteiger partial charge in [0, 0.05) is 26.2 Å². The van der Waals surface area contributed by atoms with Crippen molar-refractivity contribution in [2.24, 2.45) is 5.73 Å². The van der Waals surface area contributed by atoms with Gasteiger partial charge < -0.3 is 20.4 Å². The zero-order valence-corrected chi connectivity index (χ0v) is 10.6. The summed E-state index contributed by atoms with van der Waals surface area (Å²) in [5.41, 5.74) is 5.18. The van der Waals surface area contributed by atoms with Crippen LogP contribution in [0.4, 0.5) is 4.79 Å². The van der Waals surface area contributed by atoms with Crippen molar-refractivity contribution in [2.75, 3.05) is 47.3 Å². The van der Waals surface area contributed by atoms with Crippen molar-refractivity contribution >= 4 is 6.03 Å². The molecule has 0 aromatic heterocycles. The molecule has 94 valence electrons. The number of primary amides is 1. The van der Waals surface area contributed by atoms with Crippen LogP contribution in [0.2, 0.25) is 0 Å². The first-order valence-electron chi connectivity index (χ1n) is 5.90. The Balaban J connectivity index is 2.24. The summed E-state index contributed by atoms with van der Waals surface area (Å²) < 4.78 is 0. The van der Waals surface area contributed by atoms with Gasteiger partial charge in [-0.1, -0.05) is 0 Å². The lowest BCUT2D eigenvalue weighted by Crippen LogP contribution is -2.45. The van der Waals surface area contributed by atoms with Crippen molar-refractivity contribution in [1.82, 2.24) is 14.7 Å². The van der Waals surface area contributed by atoms with Gasteiger partial charge in [-0.2, -0.15) is 0 Å². The minimum absolute atomic E-state index is 0.350. The van der Waals surface area contributed by atoms with E-state index in [1.54, 1.807) is 11.9 Å². The van der Waals surface area contributed by atoms with Gasteiger partial charge in [0.2, 0.25) is 0 Å². The Labute approximate surface area is 98.2 Å². The third-order valence-corrected chi connectivity index (χ3v) is 3.48. The standard InChI is InChI=1S/C11H24N4O/c1-13-6-4-10(5-7-13)14(2)8-9-15(3)11(12)16/h10H,4-9H2,1-3H3,(H2,12,16). The topological polar surface area (TPSA) is 52.8 Å². The first-order valence-corrected chi connectivity index (χ1v) is 5.90. The lowest BCUT2D eigenvalue weighted by Gasteiger charge is -2.35. The van der Waals surface area contributed by atoms with E-state index in [1.165, 1.54) is 25.9 Å². The Morgan fingerprint density at radius 2 is 1.88 bits per heavy atom. The fraction of sp³-hybridized carbons (Fsp3) is 0.909. The van der Waals surface area contributed by atoms with Crippen LogP contribution in [-0.4, -0.2) is 74.1 Å². The Morgan fingerprint density at radius 1 is 1.31 bits per heavy atom. The highest BCUT2D eigenvalue weighted by molar-refractivity contribution is 5.71. The molecular weight excluding hydrogens is 204 g/mol. The van der Waals surface area contributed by atoms with E-state index < -0.39 is 0 Å². The average Bonchev–Trinajstić information content (AvgIpc) is 2.26. The molecule has 2 N–H and O–H groups in total. The van der Waals surface area contributed by atoms with Crippen molar-refractivity contribution in [3.05, 3.63) is 0 Å². The molecule has 0 aromatic rings. The highest BCUT2D eigenvalue weighted by atomic mass is 16.2. The largest absolute Gasteiger partial charge is 0.351 e. The van der Waals surface area contributed by atoms with E-state index >= 15 is 0 Å². The van der Waals surface area contributed by atoms with E-state index in [-0.39, 0.29) is 6.03 Å². The van der Waals surface area contributed by atoms with Crippen LogP contribution in [0.25, 0.3) is 0 Å². The number of urea groups is 1. The van der Waals surface area contributed by atoms with E-state index in [2.05, 4.69) is 23.9 Å². The SMILES string of the molecule is CN1CCC(N(C)CCN(C)C(N)=O)CC1. The summed E-state index contributed by atoms with van der Waals surface area (Å²) in [5.74, 6) is 0. The Morgan fingerprint density at radius 3 is 2.38 bits per heavy atom. The quantitative estimate of drug-likeness (QED) is 0.738. The van der Waals surface area contributed by atoms with Crippen LogP contribution in [0.3, 0.4) is 0 Å². The summed E-state index contributed by atoms with van der Waals surface area (Å²) >= 11 is 0. The van der Waals surface area contributed by atoms with Gasteiger partial charge in [0.15, 0.2) is 0 Å². The molecule has 0 bridgehead atoms. The molecule has 5 nitrogen and oxygen atoms in total. The second kappa shape index (κ2) is 6.06. The molecule has 0 unspecified atom stereocenters. The summed E-state index contributed by atoms with van der Waals surface area (Å²) in [6.07, 6.45) is 2.43. The van der Waals surface area contributed by atoms with E-state index in [4.69, 9.17) is 5.73 Å². The maximum absolute atomic E-state index is 10.9. The molecule has 1 rings (SSSR count). The molecule has 0 saturated carbocycles. The second-order valence-electron chi connectivity index (χ2n) is 4.77. The van der Waals surface area contributed by atoms with Gasteiger partial charge in [-0.3, -0.25) is 0 Å². The number of piperidine rings is 1. The number of carbonyl (C=O) groups is 1. The van der Waals surface area contributed by atoms with Gasteiger partial charge in [-0.05, 0) is 40.0 Å². The lowest BCUT2D eigenvalue weighted by atomic mass is 10.0. The molecule has 0 aromatic carbocycles. The van der Waals surface area contributed by atoms with Crippen LogP contribution < -0.4 is 5.73 Å². The number of hydrogen-bond donors (Lipinski definition) is 1. The van der Waals surface area contributed by atoms with Crippen LogP contribution >= 0.6 is 0 Å². The number of hydrogen-bond acceptors (Lipinski definition) is 3. The van der Waals surface area contributed by atoms with Crippen molar-refractivity contribution in [3.8, 4) is 0 Å². The molecule has 0 spiro atoms. The zero-order chi connectivity index (χ0) is 12.1. The smallest absolute Gasteiger partial charge is 0.314 e. The Bertz CT molecular complexity index is 226. The van der Waals surface area contributed by atoms with E-state index in [9.17, 15) is 4.79 Å². The molecule has 16 heavy (non-hydrogen) atoms. The Kier molecular flexibility index (Phi) is 5.02. The molecule has 1 aliphatic rings. The third kappa shape index (κ3) is 3.98. The minimum Gasteiger partial charge on any atom is -0.351 e. The van der Waals surface area contributed by atoms with E-state index in [0.717, 1.165) is 6.54 Å². The molecule has 0 aliphatic carbocycles. The molecule has 5 heteroatoms. The lowest BCUT2D eigenvalue weighted by molar-refractivity contribution is 0.136. The normalized spacial score (nSPS) is 19.0. The molecular formula is C11H24N4O. The summed E-state index contributed by atoms with van der Waals surface area (Å²) in [6, 6.07) is 0.300. The number of nitrogens with zero attached hydrogens (tertiary/aromatic N) is 3. The van der Waals surface area contributed by atoms with Gasteiger partial charge in [0.05, 0.1) is 0 Å². The molecule has 1 saturated heterocycles. The maximum Gasteiger partial charge on any atom is 0.314 e. The van der Waals surface area contributed by atoms with Crippen molar-refractivity contribution in [2.45, 2.75) is 18.9 Å². The maximum atomic E-state index is 10.9. The monoisotopic (exact) mass is 228 g/mol. The van der Waals surface area contributed by atoms with Crippen molar-refractivity contribution < 1.29 is 4.79 Å². The van der Waals surface area contributed by atoms with Crippen LogP contribution in [0.15, 0.2) is 0 Å². The zero-order valence-electron chi connectivity index (χ0n) is 10.6. The minimum atomic E-state index is -0.350. The average molecular weight is 228 g/mol. The Hall–Kier alpha value is -0.810. The van der Waals surface area contributed by atoms with Crippen molar-refractivity contribution in [3.63, 3.8) is 0 Å². The number of nitrogens with two attached hydrogens (primary N) is 1. The fourth-order valence-corrected chi connectivity index (χ4v) is 2.04. The number of rotatable bonds is 4. The number of carbonyl (C=O) groups excluding carboxylic acids is 1. The van der Waals surface area contributed by atoms with Gasteiger partial charge in [0.1, 0.15) is 0 Å². The van der Waals surface area contributed by atoms with Crippen LogP contribution in [-0.2, 0) is 0 Å². The predicted molar refractivity (Wildman–Crippen MR) is 65.4 cm³/mol. The number of likely N-dealkylation sites (tertiary alicyclic amines) is 1. The third-order valence-electron chi connectivity index (χ3n) is 3.48. The molecule has 1 heterocycles. The van der Waals surface area contributed by atoms with Crippen LogP contribution in [0.1, 0.15) is 12.8 Å². The first-order chi connectivity index (χ1) is 7.50. The molecule has 0 atom stereocenters. The van der Waals surface area contributed by atoms with Crippen LogP contribution in [0, 0.1) is 0 Å². The van der Waals surface area contributed by atoms with Crippen LogP contribution in [0.5, 0.6) is 0 Å². The molecule has 1 aliphatic heterocycles. The number of amides is 2. The summed E-state index contributed by atoms with van der Waals surface area (Å²) in [7, 11) is 6.03. The predicted octanol–water partition coefficient (Wildman–Crippen LogP) is 0.0229. The van der Waals surface area contributed by atoms with Gasteiger partial charge >= 0.3 is 6.03 Å².